The average molecular weight is 473 g/mol. The van der Waals surface area contributed by atoms with Crippen LogP contribution in [0, 0.1) is 0 Å². The number of halogens is 1. The lowest BCUT2D eigenvalue weighted by molar-refractivity contribution is -0.145. The third kappa shape index (κ3) is 4.86. The van der Waals surface area contributed by atoms with Gasteiger partial charge < -0.3 is 9.47 Å². The maximum Gasteiger partial charge on any atom is 0.313 e. The molecule has 160 valence electrons. The molecule has 0 aliphatic heterocycles. The minimum absolute atomic E-state index is 0.200. The molecule has 1 unspecified atom stereocenters. The number of benzene rings is 2. The largest absolute Gasteiger partial charge is 0.487 e. The van der Waals surface area contributed by atoms with Gasteiger partial charge in [-0.3, -0.25) is 9.48 Å². The minimum atomic E-state index is -0.328. The smallest absolute Gasteiger partial charge is 0.313 e. The Morgan fingerprint density at radius 2 is 1.93 bits per heavy atom. The Morgan fingerprint density at radius 3 is 2.63 bits per heavy atom. The number of esters is 1. The molecule has 0 N–H and O–H groups in total. The number of ether oxygens (including phenoxy) is 2. The van der Waals surface area contributed by atoms with Gasteiger partial charge in [-0.1, -0.05) is 47.5 Å². The van der Waals surface area contributed by atoms with E-state index >= 15 is 0 Å². The molecule has 0 aliphatic carbocycles. The number of hydrogen-bond acceptors (Lipinski definition) is 4. The summed E-state index contributed by atoms with van der Waals surface area (Å²) in [5, 5.41) is 5.86. The summed E-state index contributed by atoms with van der Waals surface area (Å²) < 4.78 is 14.6. The fourth-order valence-corrected chi connectivity index (χ4v) is 4.02. The van der Waals surface area contributed by atoms with E-state index in [2.05, 4.69) is 48.8 Å². The maximum atomic E-state index is 12.6. The molecule has 1 atom stereocenters. The van der Waals surface area contributed by atoms with Gasteiger partial charge in [-0.15, -0.1) is 0 Å². The van der Waals surface area contributed by atoms with E-state index in [4.69, 9.17) is 14.6 Å². The van der Waals surface area contributed by atoms with Crippen LogP contribution < -0.4 is 4.74 Å². The Bertz CT molecular complexity index is 1010. The van der Waals surface area contributed by atoms with E-state index in [1.54, 1.807) is 0 Å². The van der Waals surface area contributed by atoms with Crippen LogP contribution in [0.4, 0.5) is 0 Å². The van der Waals surface area contributed by atoms with Gasteiger partial charge in [0.1, 0.15) is 18.1 Å². The number of fused-ring (bicyclic) bond motifs is 1. The van der Waals surface area contributed by atoms with Crippen molar-refractivity contribution in [2.75, 3.05) is 6.61 Å². The van der Waals surface area contributed by atoms with Crippen LogP contribution in [0.25, 0.3) is 10.9 Å². The standard InChI is InChI=1S/C24H29BrN2O3/c1-5-9-19(24(28)29-6-2)18-10-7-8-11-23(18)30-15-21-20-14-17(25)12-13-22(20)27(26-21)16(3)4/h7-8,10-14,16,19H,5-6,9,15H2,1-4H3. The van der Waals surface area contributed by atoms with Gasteiger partial charge in [0.05, 0.1) is 18.0 Å². The van der Waals surface area contributed by atoms with E-state index in [1.165, 1.54) is 0 Å². The summed E-state index contributed by atoms with van der Waals surface area (Å²) in [6.07, 6.45) is 1.60. The second kappa shape index (κ2) is 10.1. The molecule has 3 rings (SSSR count). The van der Waals surface area contributed by atoms with Crippen LogP contribution in [0.2, 0.25) is 0 Å². The van der Waals surface area contributed by atoms with Gasteiger partial charge >= 0.3 is 5.97 Å². The van der Waals surface area contributed by atoms with Gasteiger partial charge in [0.15, 0.2) is 0 Å². The van der Waals surface area contributed by atoms with Crippen molar-refractivity contribution in [2.24, 2.45) is 0 Å². The molecular weight excluding hydrogens is 444 g/mol. The van der Waals surface area contributed by atoms with Gasteiger partial charge in [0.2, 0.25) is 0 Å². The summed E-state index contributed by atoms with van der Waals surface area (Å²) in [6.45, 7) is 8.82. The molecule has 0 aliphatic rings. The summed E-state index contributed by atoms with van der Waals surface area (Å²) in [7, 11) is 0. The SMILES string of the molecule is CCCC(C(=O)OCC)c1ccccc1OCc1nn(C(C)C)c2ccc(Br)cc12. The first kappa shape index (κ1) is 22.3. The number of carbonyl (C=O) groups is 1. The van der Waals surface area contributed by atoms with Crippen LogP contribution in [0.3, 0.4) is 0 Å². The fraction of sp³-hybridized carbons (Fsp3) is 0.417. The summed E-state index contributed by atoms with van der Waals surface area (Å²) in [4.78, 5) is 12.6. The topological polar surface area (TPSA) is 53.4 Å². The Labute approximate surface area is 186 Å². The normalized spacial score (nSPS) is 12.3. The summed E-state index contributed by atoms with van der Waals surface area (Å²) in [5.41, 5.74) is 2.82. The van der Waals surface area contributed by atoms with Gasteiger partial charge in [0, 0.05) is 21.5 Å². The zero-order valence-corrected chi connectivity index (χ0v) is 19.6. The van der Waals surface area contributed by atoms with Crippen molar-refractivity contribution in [2.45, 2.75) is 59.1 Å². The minimum Gasteiger partial charge on any atom is -0.487 e. The van der Waals surface area contributed by atoms with Crippen molar-refractivity contribution in [1.29, 1.82) is 0 Å². The lowest BCUT2D eigenvalue weighted by Crippen LogP contribution is -2.17. The number of hydrogen-bond donors (Lipinski definition) is 0. The molecule has 0 spiro atoms. The quantitative estimate of drug-likeness (QED) is 0.337. The molecule has 3 aromatic rings. The molecule has 0 radical (unpaired) electrons. The third-order valence-electron chi connectivity index (χ3n) is 5.04. The van der Waals surface area contributed by atoms with Crippen LogP contribution in [0.1, 0.15) is 63.8 Å². The lowest BCUT2D eigenvalue weighted by Gasteiger charge is -2.18. The van der Waals surface area contributed by atoms with Crippen LogP contribution in [-0.4, -0.2) is 22.4 Å². The zero-order valence-electron chi connectivity index (χ0n) is 18.0. The molecule has 0 saturated carbocycles. The van der Waals surface area contributed by atoms with Crippen LogP contribution in [-0.2, 0) is 16.1 Å². The first-order chi connectivity index (χ1) is 14.5. The van der Waals surface area contributed by atoms with Crippen molar-refractivity contribution in [3.8, 4) is 5.75 Å². The second-order valence-corrected chi connectivity index (χ2v) is 8.48. The van der Waals surface area contributed by atoms with E-state index in [-0.39, 0.29) is 17.9 Å². The highest BCUT2D eigenvalue weighted by Crippen LogP contribution is 2.32. The van der Waals surface area contributed by atoms with Gasteiger partial charge in [-0.25, -0.2) is 0 Å². The predicted molar refractivity (Wildman–Crippen MR) is 123 cm³/mol. The Hall–Kier alpha value is -2.34. The van der Waals surface area contributed by atoms with Crippen molar-refractivity contribution >= 4 is 32.8 Å². The van der Waals surface area contributed by atoms with Crippen LogP contribution >= 0.6 is 15.9 Å². The molecular formula is C24H29BrN2O3. The van der Waals surface area contributed by atoms with Gasteiger partial charge in [-0.2, -0.15) is 5.10 Å². The Balaban J connectivity index is 1.92. The molecule has 0 bridgehead atoms. The molecule has 6 heteroatoms. The van der Waals surface area contributed by atoms with E-state index in [0.717, 1.165) is 39.5 Å². The summed E-state index contributed by atoms with van der Waals surface area (Å²) >= 11 is 3.56. The predicted octanol–water partition coefficient (Wildman–Crippen LogP) is 6.41. The van der Waals surface area contributed by atoms with Crippen molar-refractivity contribution in [3.05, 3.63) is 58.2 Å². The molecule has 0 amide bonds. The molecule has 0 fully saturated rings. The number of rotatable bonds is 9. The van der Waals surface area contributed by atoms with E-state index in [0.29, 0.717) is 19.0 Å². The molecule has 2 aromatic carbocycles. The van der Waals surface area contributed by atoms with Crippen molar-refractivity contribution in [1.82, 2.24) is 9.78 Å². The average Bonchev–Trinajstić information content (AvgIpc) is 3.09. The summed E-state index contributed by atoms with van der Waals surface area (Å²) in [5.74, 6) is 0.172. The highest BCUT2D eigenvalue weighted by molar-refractivity contribution is 9.10. The monoisotopic (exact) mass is 472 g/mol. The van der Waals surface area contributed by atoms with E-state index < -0.39 is 0 Å². The number of aromatic nitrogens is 2. The fourth-order valence-electron chi connectivity index (χ4n) is 3.66. The first-order valence-corrected chi connectivity index (χ1v) is 11.3. The Morgan fingerprint density at radius 1 is 1.17 bits per heavy atom. The number of nitrogens with zero attached hydrogens (tertiary/aromatic N) is 2. The van der Waals surface area contributed by atoms with Crippen molar-refractivity contribution in [3.63, 3.8) is 0 Å². The van der Waals surface area contributed by atoms with Gasteiger partial charge in [-0.05, 0) is 51.5 Å². The zero-order chi connectivity index (χ0) is 21.7. The molecule has 5 nitrogen and oxygen atoms in total. The number of para-hydroxylation sites is 1. The molecule has 1 heterocycles. The van der Waals surface area contributed by atoms with E-state index in [9.17, 15) is 4.79 Å². The first-order valence-electron chi connectivity index (χ1n) is 10.5. The lowest BCUT2D eigenvalue weighted by atomic mass is 9.93. The Kier molecular flexibility index (Phi) is 7.53. The van der Waals surface area contributed by atoms with Crippen LogP contribution in [0.15, 0.2) is 46.9 Å². The molecule has 30 heavy (non-hydrogen) atoms. The molecule has 1 aromatic heterocycles. The third-order valence-corrected chi connectivity index (χ3v) is 5.53. The summed E-state index contributed by atoms with van der Waals surface area (Å²) in [6, 6.07) is 14.1. The van der Waals surface area contributed by atoms with E-state index in [1.807, 2.05) is 41.9 Å². The second-order valence-electron chi connectivity index (χ2n) is 7.57. The number of carbonyl (C=O) groups excluding carboxylic acids is 1. The highest BCUT2D eigenvalue weighted by Gasteiger charge is 2.24. The molecule has 0 saturated heterocycles. The highest BCUT2D eigenvalue weighted by atomic mass is 79.9. The van der Waals surface area contributed by atoms with Crippen molar-refractivity contribution < 1.29 is 14.3 Å². The van der Waals surface area contributed by atoms with Gasteiger partial charge in [0.25, 0.3) is 0 Å². The van der Waals surface area contributed by atoms with Crippen LogP contribution in [0.5, 0.6) is 5.75 Å². The maximum absolute atomic E-state index is 12.6.